The fourth-order valence-electron chi connectivity index (χ4n) is 5.65. The molecule has 2 heterocycles. The van der Waals surface area contributed by atoms with Gasteiger partial charge in [0.15, 0.2) is 24.4 Å². The third-order valence-corrected chi connectivity index (χ3v) is 8.19. The van der Waals surface area contributed by atoms with E-state index in [0.29, 0.717) is 38.5 Å². The van der Waals surface area contributed by atoms with Crippen molar-refractivity contribution < 1.29 is 81.6 Å². The number of aliphatic hydroxyl groups is 2. The van der Waals surface area contributed by atoms with E-state index in [4.69, 9.17) is 42.6 Å². The lowest BCUT2D eigenvalue weighted by molar-refractivity contribution is -0.384. The van der Waals surface area contributed by atoms with Gasteiger partial charge in [-0.3, -0.25) is 28.8 Å². The van der Waals surface area contributed by atoms with Crippen molar-refractivity contribution in [1.82, 2.24) is 0 Å². The average molecular weight is 763 g/mol. The highest BCUT2D eigenvalue weighted by atomic mass is 16.8. The molecule has 2 aliphatic heterocycles. The Labute approximate surface area is 310 Å². The van der Waals surface area contributed by atoms with Gasteiger partial charge < -0.3 is 52.8 Å². The van der Waals surface area contributed by atoms with Gasteiger partial charge in [-0.2, -0.15) is 0 Å². The summed E-state index contributed by atoms with van der Waals surface area (Å²) in [6.07, 6.45) is -10.9. The van der Waals surface area contributed by atoms with Gasteiger partial charge in [0.05, 0.1) is 6.61 Å². The molecule has 0 aliphatic carbocycles. The summed E-state index contributed by atoms with van der Waals surface area (Å²) in [7, 11) is 0. The Morgan fingerprint density at radius 1 is 0.566 bits per heavy atom. The summed E-state index contributed by atoms with van der Waals surface area (Å²) in [4.78, 5) is 77.2. The van der Waals surface area contributed by atoms with E-state index < -0.39 is 110 Å². The molecule has 0 aromatic heterocycles. The average Bonchev–Trinajstić information content (AvgIpc) is 3.37. The zero-order chi connectivity index (χ0) is 39.6. The molecule has 0 aromatic carbocycles. The van der Waals surface area contributed by atoms with Crippen molar-refractivity contribution in [3.8, 4) is 0 Å². The number of carbonyl (C=O) groups excluding carboxylic acids is 6. The standard InChI is InChI=1S/C36H58O17/c1-7-13-24(38)45-20-23-31(48-26(40)15-9-3)34(51-29(43)18-12-6)36(52-23,21-46-25(39)14-8-2)53-35-33(50-28(42)17-11-5)32(49-27(41)16-10-4)30(44)22(19-37)47-35/h22-23,30-35,37,44H,7-21H2,1-6H3/t22-,23-,30-,31-,32+,33-,34+,35-,36+/m1/s1. The van der Waals surface area contributed by atoms with Crippen molar-refractivity contribution in [3.63, 3.8) is 0 Å². The lowest BCUT2D eigenvalue weighted by Gasteiger charge is -2.45. The summed E-state index contributed by atoms with van der Waals surface area (Å²) in [5.74, 6) is -6.76. The van der Waals surface area contributed by atoms with Crippen LogP contribution in [0.15, 0.2) is 0 Å². The Morgan fingerprint density at radius 3 is 1.49 bits per heavy atom. The van der Waals surface area contributed by atoms with Crippen LogP contribution in [0.5, 0.6) is 0 Å². The fourth-order valence-corrected chi connectivity index (χ4v) is 5.65. The highest BCUT2D eigenvalue weighted by molar-refractivity contribution is 5.72. The van der Waals surface area contributed by atoms with Gasteiger partial charge in [0.1, 0.15) is 31.5 Å². The van der Waals surface area contributed by atoms with Crippen molar-refractivity contribution in [2.75, 3.05) is 19.8 Å². The SMILES string of the molecule is CCCC(=O)OC[C@H]1O[C@@](COC(=O)CCC)(O[C@H]2O[C@H](CO)[C@@H](O)[C@H](OC(=O)CCC)[C@H]2OC(=O)CCC)[C@@H](OC(=O)CCC)[C@@H]1OC(=O)CCC. The highest BCUT2D eigenvalue weighted by Gasteiger charge is 2.64. The Hall–Kier alpha value is -3.38. The molecule has 0 unspecified atom stereocenters. The van der Waals surface area contributed by atoms with Crippen molar-refractivity contribution in [1.29, 1.82) is 0 Å². The molecule has 0 radical (unpaired) electrons. The van der Waals surface area contributed by atoms with Gasteiger partial charge in [0.25, 0.3) is 0 Å². The topological polar surface area (TPSA) is 226 Å². The summed E-state index contributed by atoms with van der Waals surface area (Å²) >= 11 is 0. The van der Waals surface area contributed by atoms with E-state index >= 15 is 0 Å². The van der Waals surface area contributed by atoms with Crippen LogP contribution in [0.2, 0.25) is 0 Å². The Kier molecular flexibility index (Phi) is 20.2. The zero-order valence-electron chi connectivity index (χ0n) is 31.7. The summed E-state index contributed by atoms with van der Waals surface area (Å²) in [6.45, 7) is 8.26. The van der Waals surface area contributed by atoms with E-state index in [9.17, 15) is 39.0 Å². The van der Waals surface area contributed by atoms with Crippen molar-refractivity contribution in [2.24, 2.45) is 0 Å². The lowest BCUT2D eigenvalue weighted by Crippen LogP contribution is -2.65. The number of hydrogen-bond donors (Lipinski definition) is 2. The van der Waals surface area contributed by atoms with Crippen LogP contribution in [0.3, 0.4) is 0 Å². The highest BCUT2D eigenvalue weighted by Crippen LogP contribution is 2.41. The molecule has 9 atom stereocenters. The van der Waals surface area contributed by atoms with Crippen LogP contribution in [-0.4, -0.2) is 121 Å². The minimum absolute atomic E-state index is 0.0330. The summed E-state index contributed by atoms with van der Waals surface area (Å²) in [5, 5.41) is 21.4. The van der Waals surface area contributed by atoms with Crippen LogP contribution in [-0.2, 0) is 71.4 Å². The normalized spacial score (nSPS) is 28.1. The molecule has 2 N–H and O–H groups in total. The molecule has 17 nitrogen and oxygen atoms in total. The number of aliphatic hydroxyl groups excluding tert-OH is 2. The molecule has 304 valence electrons. The molecule has 53 heavy (non-hydrogen) atoms. The van der Waals surface area contributed by atoms with Gasteiger partial charge in [-0.05, 0) is 38.5 Å². The third-order valence-electron chi connectivity index (χ3n) is 8.19. The molecule has 0 spiro atoms. The Balaban J connectivity index is 2.81. The first kappa shape index (κ1) is 45.8. The summed E-state index contributed by atoms with van der Waals surface area (Å²) in [5.41, 5.74) is 0. The van der Waals surface area contributed by atoms with E-state index in [1.54, 1.807) is 41.5 Å². The van der Waals surface area contributed by atoms with E-state index in [1.165, 1.54) is 0 Å². The van der Waals surface area contributed by atoms with E-state index in [1.807, 2.05) is 0 Å². The monoisotopic (exact) mass is 762 g/mol. The molecule has 2 rings (SSSR count). The van der Waals surface area contributed by atoms with Crippen LogP contribution in [0.4, 0.5) is 0 Å². The molecule has 17 heteroatoms. The van der Waals surface area contributed by atoms with Gasteiger partial charge in [0.2, 0.25) is 12.1 Å². The molecule has 2 saturated heterocycles. The van der Waals surface area contributed by atoms with Crippen LogP contribution >= 0.6 is 0 Å². The first-order valence-corrected chi connectivity index (χ1v) is 18.7. The molecule has 0 saturated carbocycles. The van der Waals surface area contributed by atoms with Gasteiger partial charge in [-0.15, -0.1) is 0 Å². The van der Waals surface area contributed by atoms with E-state index in [-0.39, 0.29) is 38.5 Å². The smallest absolute Gasteiger partial charge is 0.306 e. The van der Waals surface area contributed by atoms with Crippen LogP contribution in [0, 0.1) is 0 Å². The van der Waals surface area contributed by atoms with E-state index in [0.717, 1.165) is 0 Å². The summed E-state index contributed by atoms with van der Waals surface area (Å²) in [6, 6.07) is 0. The number of esters is 6. The predicted octanol–water partition coefficient (Wildman–Crippen LogP) is 2.71. The Morgan fingerprint density at radius 2 is 1.00 bits per heavy atom. The number of hydrogen-bond acceptors (Lipinski definition) is 17. The summed E-state index contributed by atoms with van der Waals surface area (Å²) < 4.78 is 52.7. The minimum atomic E-state index is -2.42. The van der Waals surface area contributed by atoms with E-state index in [2.05, 4.69) is 0 Å². The van der Waals surface area contributed by atoms with Gasteiger partial charge in [-0.1, -0.05) is 41.5 Å². The van der Waals surface area contributed by atoms with Crippen molar-refractivity contribution >= 4 is 35.8 Å². The maximum Gasteiger partial charge on any atom is 0.306 e. The largest absolute Gasteiger partial charge is 0.463 e. The quantitative estimate of drug-likeness (QED) is 0.113. The molecule has 0 aromatic rings. The molecule has 0 bridgehead atoms. The van der Waals surface area contributed by atoms with Crippen LogP contribution in [0.25, 0.3) is 0 Å². The molecule has 0 amide bonds. The van der Waals surface area contributed by atoms with Crippen molar-refractivity contribution in [3.05, 3.63) is 0 Å². The first-order chi connectivity index (χ1) is 25.3. The third kappa shape index (κ3) is 13.8. The molecule has 2 fully saturated rings. The Bertz CT molecular complexity index is 1190. The molecular weight excluding hydrogens is 704 g/mol. The second kappa shape index (κ2) is 23.4. The maximum atomic E-state index is 13.2. The van der Waals surface area contributed by atoms with Gasteiger partial charge in [-0.25, -0.2) is 0 Å². The van der Waals surface area contributed by atoms with Crippen LogP contribution < -0.4 is 0 Å². The minimum Gasteiger partial charge on any atom is -0.463 e. The lowest BCUT2D eigenvalue weighted by atomic mass is 9.98. The second-order valence-electron chi connectivity index (χ2n) is 12.9. The number of rotatable bonds is 23. The second-order valence-corrected chi connectivity index (χ2v) is 12.9. The molecular formula is C36H58O17. The zero-order valence-corrected chi connectivity index (χ0v) is 31.7. The predicted molar refractivity (Wildman–Crippen MR) is 181 cm³/mol. The molecule has 2 aliphatic rings. The first-order valence-electron chi connectivity index (χ1n) is 18.7. The van der Waals surface area contributed by atoms with Crippen LogP contribution in [0.1, 0.15) is 119 Å². The fraction of sp³-hybridized carbons (Fsp3) is 0.833. The maximum absolute atomic E-state index is 13.2. The number of carbonyl (C=O) groups is 6. The number of ether oxygens (including phenoxy) is 9. The van der Waals surface area contributed by atoms with Gasteiger partial charge in [0, 0.05) is 38.5 Å². The van der Waals surface area contributed by atoms with Gasteiger partial charge >= 0.3 is 35.8 Å². The van der Waals surface area contributed by atoms with Crippen molar-refractivity contribution in [2.45, 2.75) is 173 Å².